The third kappa shape index (κ3) is 5.67. The van der Waals surface area contributed by atoms with Gasteiger partial charge in [-0.3, -0.25) is 0 Å². The van der Waals surface area contributed by atoms with Gasteiger partial charge in [0.25, 0.3) is 0 Å². The molecule has 0 aromatic carbocycles. The molecule has 0 aromatic rings. The fourth-order valence-corrected chi connectivity index (χ4v) is 4.60. The fraction of sp³-hybridized carbons (Fsp3) is 1.00. The van der Waals surface area contributed by atoms with Gasteiger partial charge in [-0.2, -0.15) is 0 Å². The van der Waals surface area contributed by atoms with E-state index in [0.29, 0.717) is 23.3 Å². The van der Waals surface area contributed by atoms with E-state index in [-0.39, 0.29) is 0 Å². The summed E-state index contributed by atoms with van der Waals surface area (Å²) >= 11 is 0. The second-order valence-electron chi connectivity index (χ2n) is 5.22. The third-order valence-electron chi connectivity index (χ3n) is 3.76. The average molecular weight is 277 g/mol. The molecule has 0 aliphatic carbocycles. The minimum absolute atomic E-state index is 0.358. The molecule has 1 saturated heterocycles. The monoisotopic (exact) mass is 277 g/mol. The Labute approximate surface area is 111 Å². The number of unbranched alkanes of at least 4 members (excludes halogenated alkanes) is 1. The summed E-state index contributed by atoms with van der Waals surface area (Å²) in [5.74, 6) is 1.64. The lowest BCUT2D eigenvalue weighted by molar-refractivity contribution is 0.187. The highest BCUT2D eigenvalue weighted by Crippen LogP contribution is 2.29. The van der Waals surface area contributed by atoms with Gasteiger partial charge in [-0.25, -0.2) is 8.42 Å². The van der Waals surface area contributed by atoms with Crippen LogP contribution in [0.25, 0.3) is 0 Å². The van der Waals surface area contributed by atoms with Crippen LogP contribution in [0.1, 0.15) is 32.6 Å². The topological polar surface area (TPSA) is 55.4 Å². The molecule has 0 spiro atoms. The molecule has 0 radical (unpaired) electrons. The van der Waals surface area contributed by atoms with E-state index in [1.807, 2.05) is 0 Å². The van der Waals surface area contributed by atoms with E-state index in [0.717, 1.165) is 45.4 Å². The van der Waals surface area contributed by atoms with Gasteiger partial charge in [0, 0.05) is 13.7 Å². The average Bonchev–Trinajstić information content (AvgIpc) is 2.69. The molecule has 108 valence electrons. The summed E-state index contributed by atoms with van der Waals surface area (Å²) in [5, 5.41) is 3.37. The largest absolute Gasteiger partial charge is 0.385 e. The van der Waals surface area contributed by atoms with Gasteiger partial charge in [0.05, 0.1) is 11.5 Å². The Kier molecular flexibility index (Phi) is 7.19. The van der Waals surface area contributed by atoms with Crippen LogP contribution in [0.4, 0.5) is 0 Å². The molecule has 0 amide bonds. The van der Waals surface area contributed by atoms with Crippen molar-refractivity contribution < 1.29 is 13.2 Å². The lowest BCUT2D eigenvalue weighted by Gasteiger charge is -2.22. The maximum Gasteiger partial charge on any atom is 0.150 e. The summed E-state index contributed by atoms with van der Waals surface area (Å²) in [6.45, 7) is 4.79. The van der Waals surface area contributed by atoms with E-state index in [2.05, 4.69) is 12.2 Å². The van der Waals surface area contributed by atoms with Gasteiger partial charge >= 0.3 is 0 Å². The molecule has 1 aliphatic heterocycles. The highest BCUT2D eigenvalue weighted by molar-refractivity contribution is 7.91. The molecule has 1 N–H and O–H groups in total. The first-order valence-corrected chi connectivity index (χ1v) is 8.81. The highest BCUT2D eigenvalue weighted by Gasteiger charge is 2.32. The quantitative estimate of drug-likeness (QED) is 0.648. The summed E-state index contributed by atoms with van der Waals surface area (Å²) in [6, 6.07) is 0. The molecular formula is C13H27NO3S. The Balaban J connectivity index is 2.40. The van der Waals surface area contributed by atoms with Crippen molar-refractivity contribution in [2.75, 3.05) is 38.3 Å². The number of nitrogens with one attached hydrogen (secondary N) is 1. The Bertz CT molecular complexity index is 316. The molecule has 1 aliphatic rings. The van der Waals surface area contributed by atoms with Crippen molar-refractivity contribution in [2.24, 2.45) is 11.8 Å². The van der Waals surface area contributed by atoms with Crippen LogP contribution in [-0.2, 0) is 14.6 Å². The molecule has 0 bridgehead atoms. The summed E-state index contributed by atoms with van der Waals surface area (Å²) in [5.41, 5.74) is 0. The Hall–Kier alpha value is -0.130. The van der Waals surface area contributed by atoms with Crippen LogP contribution < -0.4 is 5.32 Å². The van der Waals surface area contributed by atoms with Crippen LogP contribution >= 0.6 is 0 Å². The van der Waals surface area contributed by atoms with Gasteiger partial charge in [-0.05, 0) is 44.2 Å². The maximum absolute atomic E-state index is 11.6. The van der Waals surface area contributed by atoms with E-state index in [1.165, 1.54) is 0 Å². The molecular weight excluding hydrogens is 250 g/mol. The molecule has 1 heterocycles. The highest BCUT2D eigenvalue weighted by atomic mass is 32.2. The first-order valence-electron chi connectivity index (χ1n) is 6.99. The van der Waals surface area contributed by atoms with Crippen molar-refractivity contribution in [1.82, 2.24) is 5.32 Å². The molecule has 5 heteroatoms. The molecule has 2 atom stereocenters. The van der Waals surface area contributed by atoms with E-state index in [4.69, 9.17) is 4.74 Å². The van der Waals surface area contributed by atoms with E-state index >= 15 is 0 Å². The number of ether oxygens (including phenoxy) is 1. The SMILES string of the molecule is CCNCC(CCCCOC)C1CCS(=O)(=O)C1. The first-order chi connectivity index (χ1) is 8.59. The Morgan fingerprint density at radius 2 is 2.17 bits per heavy atom. The maximum atomic E-state index is 11.6. The van der Waals surface area contributed by atoms with Crippen LogP contribution in [0.2, 0.25) is 0 Å². The standard InChI is InChI=1S/C13H27NO3S/c1-3-14-10-12(6-4-5-8-17-2)13-7-9-18(15,16)11-13/h12-14H,3-11H2,1-2H3. The molecule has 0 aromatic heterocycles. The predicted octanol–water partition coefficient (Wildman–Crippen LogP) is 1.46. The lowest BCUT2D eigenvalue weighted by Crippen LogP contribution is -2.29. The third-order valence-corrected chi connectivity index (χ3v) is 5.56. The molecule has 18 heavy (non-hydrogen) atoms. The normalized spacial score (nSPS) is 24.2. The molecule has 1 rings (SSSR count). The van der Waals surface area contributed by atoms with Crippen LogP contribution in [0, 0.1) is 11.8 Å². The summed E-state index contributed by atoms with van der Waals surface area (Å²) in [4.78, 5) is 0. The van der Waals surface area contributed by atoms with Gasteiger partial charge in [0.1, 0.15) is 0 Å². The smallest absolute Gasteiger partial charge is 0.150 e. The molecule has 1 fully saturated rings. The van der Waals surface area contributed by atoms with Gasteiger partial charge in [0.2, 0.25) is 0 Å². The van der Waals surface area contributed by atoms with Gasteiger partial charge < -0.3 is 10.1 Å². The number of rotatable bonds is 9. The fourth-order valence-electron chi connectivity index (χ4n) is 2.68. The Morgan fingerprint density at radius 1 is 1.39 bits per heavy atom. The van der Waals surface area contributed by atoms with Gasteiger partial charge in [-0.1, -0.05) is 13.3 Å². The minimum Gasteiger partial charge on any atom is -0.385 e. The summed E-state index contributed by atoms with van der Waals surface area (Å²) in [7, 11) is -1.03. The summed E-state index contributed by atoms with van der Waals surface area (Å²) < 4.78 is 28.2. The van der Waals surface area contributed by atoms with Crippen LogP contribution in [-0.4, -0.2) is 46.7 Å². The van der Waals surface area contributed by atoms with E-state index < -0.39 is 9.84 Å². The number of hydrogen-bond donors (Lipinski definition) is 1. The van der Waals surface area contributed by atoms with Crippen molar-refractivity contribution in [2.45, 2.75) is 32.6 Å². The van der Waals surface area contributed by atoms with Crippen molar-refractivity contribution >= 4 is 9.84 Å². The van der Waals surface area contributed by atoms with Crippen molar-refractivity contribution in [1.29, 1.82) is 0 Å². The van der Waals surface area contributed by atoms with Crippen LogP contribution in [0.5, 0.6) is 0 Å². The zero-order valence-electron chi connectivity index (χ0n) is 11.7. The molecule has 0 saturated carbocycles. The van der Waals surface area contributed by atoms with Crippen molar-refractivity contribution in [3.63, 3.8) is 0 Å². The van der Waals surface area contributed by atoms with Crippen LogP contribution in [0.3, 0.4) is 0 Å². The minimum atomic E-state index is -2.75. The molecule has 2 unspecified atom stereocenters. The van der Waals surface area contributed by atoms with Crippen molar-refractivity contribution in [3.8, 4) is 0 Å². The Morgan fingerprint density at radius 3 is 2.72 bits per heavy atom. The van der Waals surface area contributed by atoms with E-state index in [1.54, 1.807) is 7.11 Å². The van der Waals surface area contributed by atoms with Gasteiger partial charge in [-0.15, -0.1) is 0 Å². The second kappa shape index (κ2) is 8.12. The zero-order valence-corrected chi connectivity index (χ0v) is 12.5. The number of methoxy groups -OCH3 is 1. The van der Waals surface area contributed by atoms with Crippen LogP contribution in [0.15, 0.2) is 0 Å². The zero-order chi connectivity index (χ0) is 13.4. The number of hydrogen-bond acceptors (Lipinski definition) is 4. The molecule has 4 nitrogen and oxygen atoms in total. The van der Waals surface area contributed by atoms with Gasteiger partial charge in [0.15, 0.2) is 9.84 Å². The summed E-state index contributed by atoms with van der Waals surface area (Å²) in [6.07, 6.45) is 4.15. The lowest BCUT2D eigenvalue weighted by atomic mass is 9.87. The van der Waals surface area contributed by atoms with E-state index in [9.17, 15) is 8.42 Å². The predicted molar refractivity (Wildman–Crippen MR) is 74.5 cm³/mol. The first kappa shape index (κ1) is 15.9. The number of sulfone groups is 1. The van der Waals surface area contributed by atoms with Crippen molar-refractivity contribution in [3.05, 3.63) is 0 Å². The second-order valence-corrected chi connectivity index (χ2v) is 7.45.